The molecule has 2 aromatic rings. The zero-order valence-corrected chi connectivity index (χ0v) is 14.7. The number of alkyl halides is 3. The van der Waals surface area contributed by atoms with Gasteiger partial charge in [0.25, 0.3) is 9.84 Å². The number of rotatable bonds is 3. The van der Waals surface area contributed by atoms with Crippen LogP contribution in [0, 0.1) is 17.1 Å². The van der Waals surface area contributed by atoms with Crippen LogP contribution in [0.5, 0.6) is 11.5 Å². The van der Waals surface area contributed by atoms with E-state index in [1.807, 2.05) is 0 Å². The Hall–Kier alpha value is -2.68. The molecule has 2 atom stereocenters. The lowest BCUT2D eigenvalue weighted by atomic mass is 10.1. The molecule has 1 aliphatic carbocycles. The van der Waals surface area contributed by atoms with Crippen molar-refractivity contribution in [1.29, 1.82) is 5.26 Å². The summed E-state index contributed by atoms with van der Waals surface area (Å²) in [5.74, 6) is -1.07. The molecule has 0 aliphatic heterocycles. The molecule has 148 valence electrons. The van der Waals surface area contributed by atoms with Gasteiger partial charge in [-0.25, -0.2) is 12.8 Å². The second kappa shape index (κ2) is 6.73. The van der Waals surface area contributed by atoms with Crippen molar-refractivity contribution in [3.8, 4) is 17.6 Å². The predicted octanol–water partition coefficient (Wildman–Crippen LogP) is 3.22. The van der Waals surface area contributed by atoms with E-state index in [0.717, 1.165) is 18.2 Å². The summed E-state index contributed by atoms with van der Waals surface area (Å²) in [6.45, 7) is 0. The second-order valence-electron chi connectivity index (χ2n) is 6.09. The molecule has 0 saturated heterocycles. The number of nitrogens with two attached hydrogens (primary N) is 1. The fraction of sp³-hybridized carbons (Fsp3) is 0.235. The Labute approximate surface area is 156 Å². The van der Waals surface area contributed by atoms with Crippen LogP contribution in [0.3, 0.4) is 0 Å². The highest BCUT2D eigenvalue weighted by atomic mass is 32.2. The third-order valence-electron chi connectivity index (χ3n) is 4.21. The van der Waals surface area contributed by atoms with E-state index in [1.165, 1.54) is 6.07 Å². The van der Waals surface area contributed by atoms with Gasteiger partial charge >= 0.3 is 5.51 Å². The van der Waals surface area contributed by atoms with Crippen LogP contribution >= 0.6 is 0 Å². The summed E-state index contributed by atoms with van der Waals surface area (Å²) in [6.07, 6.45) is -1.77. The van der Waals surface area contributed by atoms with Gasteiger partial charge in [0.15, 0.2) is 0 Å². The van der Waals surface area contributed by atoms with Gasteiger partial charge < -0.3 is 15.6 Å². The highest BCUT2D eigenvalue weighted by molar-refractivity contribution is 7.92. The summed E-state index contributed by atoms with van der Waals surface area (Å²) < 4.78 is 81.7. The van der Waals surface area contributed by atoms with Crippen molar-refractivity contribution < 1.29 is 35.8 Å². The minimum atomic E-state index is -5.74. The van der Waals surface area contributed by atoms with Crippen molar-refractivity contribution in [3.63, 3.8) is 0 Å². The first-order chi connectivity index (χ1) is 13.0. The SMILES string of the molecule is N#Cc1cc(F)cc(Oc2ccc(S(=O)(=O)C(F)(F)F)c3c2C(N)CC3O)c1. The summed E-state index contributed by atoms with van der Waals surface area (Å²) in [6, 6.07) is 5.39. The number of aliphatic hydroxyl groups is 1. The van der Waals surface area contributed by atoms with Gasteiger partial charge in [-0.05, 0) is 30.7 Å². The van der Waals surface area contributed by atoms with Gasteiger partial charge in [-0.3, -0.25) is 0 Å². The van der Waals surface area contributed by atoms with Gasteiger partial charge in [0.2, 0.25) is 0 Å². The summed E-state index contributed by atoms with van der Waals surface area (Å²) in [7, 11) is -5.74. The maximum atomic E-state index is 13.6. The van der Waals surface area contributed by atoms with E-state index in [1.54, 1.807) is 6.07 Å². The number of hydrogen-bond acceptors (Lipinski definition) is 6. The Morgan fingerprint density at radius 2 is 1.89 bits per heavy atom. The first-order valence-electron chi connectivity index (χ1n) is 7.76. The van der Waals surface area contributed by atoms with Gasteiger partial charge in [-0.2, -0.15) is 18.4 Å². The Morgan fingerprint density at radius 1 is 1.21 bits per heavy atom. The lowest BCUT2D eigenvalue weighted by Crippen LogP contribution is -2.25. The summed E-state index contributed by atoms with van der Waals surface area (Å²) in [5, 5.41) is 19.0. The lowest BCUT2D eigenvalue weighted by Gasteiger charge is -2.18. The molecular formula is C17H12F4N2O4S. The minimum absolute atomic E-state index is 0.0627. The molecule has 0 amide bonds. The Bertz CT molecular complexity index is 1090. The number of fused-ring (bicyclic) bond motifs is 1. The van der Waals surface area contributed by atoms with E-state index in [-0.39, 0.29) is 29.0 Å². The minimum Gasteiger partial charge on any atom is -0.457 e. The van der Waals surface area contributed by atoms with Crippen molar-refractivity contribution >= 4 is 9.84 Å². The van der Waals surface area contributed by atoms with Crippen molar-refractivity contribution in [2.45, 2.75) is 29.0 Å². The molecule has 0 radical (unpaired) electrons. The molecule has 3 rings (SSSR count). The monoisotopic (exact) mass is 416 g/mol. The highest BCUT2D eigenvalue weighted by Gasteiger charge is 2.50. The number of ether oxygens (including phenoxy) is 1. The topological polar surface area (TPSA) is 113 Å². The summed E-state index contributed by atoms with van der Waals surface area (Å²) >= 11 is 0. The Balaban J connectivity index is 2.17. The van der Waals surface area contributed by atoms with Crippen molar-refractivity contribution in [3.05, 3.63) is 52.8 Å². The lowest BCUT2D eigenvalue weighted by molar-refractivity contribution is -0.0437. The molecule has 2 unspecified atom stereocenters. The van der Waals surface area contributed by atoms with Crippen LogP contribution in [0.2, 0.25) is 0 Å². The third kappa shape index (κ3) is 3.30. The molecule has 0 heterocycles. The van der Waals surface area contributed by atoms with Crippen LogP contribution in [0.25, 0.3) is 0 Å². The average Bonchev–Trinajstić information content (AvgIpc) is 2.88. The van der Waals surface area contributed by atoms with Crippen LogP contribution < -0.4 is 10.5 Å². The third-order valence-corrected chi connectivity index (χ3v) is 5.76. The number of nitrogens with zero attached hydrogens (tertiary/aromatic N) is 1. The zero-order valence-electron chi connectivity index (χ0n) is 13.9. The molecule has 28 heavy (non-hydrogen) atoms. The molecule has 1 aliphatic rings. The van der Waals surface area contributed by atoms with E-state index in [0.29, 0.717) is 6.07 Å². The van der Waals surface area contributed by atoms with E-state index in [4.69, 9.17) is 15.7 Å². The molecule has 0 aromatic heterocycles. The first kappa shape index (κ1) is 20.1. The maximum Gasteiger partial charge on any atom is 0.501 e. The molecule has 0 saturated carbocycles. The van der Waals surface area contributed by atoms with Crippen LogP contribution in [-0.2, 0) is 9.84 Å². The Kier molecular flexibility index (Phi) is 4.82. The molecule has 11 heteroatoms. The molecule has 0 spiro atoms. The van der Waals surface area contributed by atoms with Crippen molar-refractivity contribution in [2.24, 2.45) is 5.73 Å². The average molecular weight is 416 g/mol. The number of nitriles is 1. The normalized spacial score (nSPS) is 19.2. The quantitative estimate of drug-likeness (QED) is 0.743. The van der Waals surface area contributed by atoms with Crippen LogP contribution in [0.1, 0.15) is 35.3 Å². The van der Waals surface area contributed by atoms with E-state index < -0.39 is 43.8 Å². The van der Waals surface area contributed by atoms with Crippen molar-refractivity contribution in [1.82, 2.24) is 0 Å². The van der Waals surface area contributed by atoms with Gasteiger partial charge in [-0.1, -0.05) is 0 Å². The van der Waals surface area contributed by atoms with Gasteiger partial charge in [0.1, 0.15) is 17.3 Å². The smallest absolute Gasteiger partial charge is 0.457 e. The van der Waals surface area contributed by atoms with Gasteiger partial charge in [-0.15, -0.1) is 0 Å². The molecule has 6 nitrogen and oxygen atoms in total. The molecule has 2 aromatic carbocycles. The van der Waals surface area contributed by atoms with Crippen molar-refractivity contribution in [2.75, 3.05) is 0 Å². The number of aliphatic hydroxyl groups excluding tert-OH is 1. The fourth-order valence-electron chi connectivity index (χ4n) is 3.06. The predicted molar refractivity (Wildman–Crippen MR) is 87.4 cm³/mol. The fourth-order valence-corrected chi connectivity index (χ4v) is 4.09. The summed E-state index contributed by atoms with van der Waals surface area (Å²) in [4.78, 5) is -1.11. The zero-order chi connectivity index (χ0) is 20.9. The van der Waals surface area contributed by atoms with E-state index in [9.17, 15) is 31.1 Å². The molecule has 0 fully saturated rings. The van der Waals surface area contributed by atoms with Crippen LogP contribution in [0.4, 0.5) is 17.6 Å². The largest absolute Gasteiger partial charge is 0.501 e. The van der Waals surface area contributed by atoms with E-state index in [2.05, 4.69) is 0 Å². The number of sulfone groups is 1. The number of halogens is 4. The maximum absolute atomic E-state index is 13.6. The van der Waals surface area contributed by atoms with Crippen LogP contribution in [0.15, 0.2) is 35.2 Å². The van der Waals surface area contributed by atoms with Gasteiger partial charge in [0, 0.05) is 23.2 Å². The van der Waals surface area contributed by atoms with Crippen LogP contribution in [-0.4, -0.2) is 19.0 Å². The number of hydrogen-bond donors (Lipinski definition) is 2. The summed E-state index contributed by atoms with van der Waals surface area (Å²) in [5.41, 5.74) is -0.402. The molecular weight excluding hydrogens is 404 g/mol. The number of benzene rings is 2. The standard InChI is InChI=1S/C17H12F4N2O4S/c18-9-3-8(7-22)4-10(5-9)27-13-1-2-14(28(25,26)17(19,20)21)16-12(24)6-11(23)15(13)16/h1-5,11-12,24H,6,23H2. The van der Waals surface area contributed by atoms with Gasteiger partial charge in [0.05, 0.1) is 22.6 Å². The molecule has 0 bridgehead atoms. The van der Waals surface area contributed by atoms with E-state index >= 15 is 0 Å². The first-order valence-corrected chi connectivity index (χ1v) is 9.24. The highest BCUT2D eigenvalue weighted by Crippen LogP contribution is 2.48. The Morgan fingerprint density at radius 3 is 2.50 bits per heavy atom. The molecule has 3 N–H and O–H groups in total. The second-order valence-corrected chi connectivity index (χ2v) is 8.00.